The highest BCUT2D eigenvalue weighted by molar-refractivity contribution is 7.09. The van der Waals surface area contributed by atoms with E-state index in [0.29, 0.717) is 12.1 Å². The molecule has 1 aromatic rings. The van der Waals surface area contributed by atoms with Crippen LogP contribution >= 0.6 is 11.3 Å². The Morgan fingerprint density at radius 1 is 1.50 bits per heavy atom. The second kappa shape index (κ2) is 5.25. The number of hydrogen-bond donors (Lipinski definition) is 1. The minimum absolute atomic E-state index is 0.253. The SMILES string of the molecule is CC(N)C1CCCCN1C(C)c1nccs1. The van der Waals surface area contributed by atoms with Crippen molar-refractivity contribution < 1.29 is 0 Å². The fourth-order valence-corrected chi connectivity index (χ4v) is 3.32. The van der Waals surface area contributed by atoms with Gasteiger partial charge >= 0.3 is 0 Å². The highest BCUT2D eigenvalue weighted by Gasteiger charge is 2.30. The maximum absolute atomic E-state index is 6.09. The first-order valence-corrected chi connectivity index (χ1v) is 6.99. The summed E-state index contributed by atoms with van der Waals surface area (Å²) in [5.41, 5.74) is 6.09. The maximum Gasteiger partial charge on any atom is 0.109 e. The van der Waals surface area contributed by atoms with Gasteiger partial charge in [0.05, 0.1) is 6.04 Å². The lowest BCUT2D eigenvalue weighted by Gasteiger charge is -2.41. The van der Waals surface area contributed by atoms with Crippen LogP contribution in [0.2, 0.25) is 0 Å². The van der Waals surface area contributed by atoms with Crippen molar-refractivity contribution in [1.82, 2.24) is 9.88 Å². The molecule has 0 radical (unpaired) electrons. The van der Waals surface area contributed by atoms with Crippen LogP contribution in [0.3, 0.4) is 0 Å². The van der Waals surface area contributed by atoms with Gasteiger partial charge in [0.15, 0.2) is 0 Å². The predicted molar refractivity (Wildman–Crippen MR) is 68.5 cm³/mol. The van der Waals surface area contributed by atoms with Crippen LogP contribution in [-0.2, 0) is 0 Å². The monoisotopic (exact) mass is 239 g/mol. The van der Waals surface area contributed by atoms with Crippen LogP contribution < -0.4 is 5.73 Å². The number of rotatable bonds is 3. The molecule has 0 bridgehead atoms. The van der Waals surface area contributed by atoms with Gasteiger partial charge in [-0.25, -0.2) is 4.98 Å². The van der Waals surface area contributed by atoms with Gasteiger partial charge in [0.1, 0.15) is 5.01 Å². The van der Waals surface area contributed by atoms with Crippen LogP contribution in [0.4, 0.5) is 0 Å². The van der Waals surface area contributed by atoms with E-state index in [2.05, 4.69) is 29.1 Å². The molecule has 0 saturated carbocycles. The molecule has 0 spiro atoms. The van der Waals surface area contributed by atoms with Gasteiger partial charge in [-0.3, -0.25) is 4.90 Å². The lowest BCUT2D eigenvalue weighted by Crippen LogP contribution is -2.49. The van der Waals surface area contributed by atoms with E-state index in [1.807, 2.05) is 6.20 Å². The van der Waals surface area contributed by atoms with Crippen molar-refractivity contribution in [2.24, 2.45) is 5.73 Å². The third kappa shape index (κ3) is 2.44. The number of nitrogens with two attached hydrogens (primary N) is 1. The molecule has 4 heteroatoms. The van der Waals surface area contributed by atoms with Crippen LogP contribution in [0.25, 0.3) is 0 Å². The molecule has 3 nitrogen and oxygen atoms in total. The zero-order chi connectivity index (χ0) is 11.5. The number of nitrogens with zero attached hydrogens (tertiary/aromatic N) is 2. The van der Waals surface area contributed by atoms with Gasteiger partial charge in [0, 0.05) is 23.7 Å². The van der Waals surface area contributed by atoms with Crippen LogP contribution in [0.15, 0.2) is 11.6 Å². The minimum atomic E-state index is 0.253. The molecule has 3 unspecified atom stereocenters. The van der Waals surface area contributed by atoms with Crippen molar-refractivity contribution in [2.75, 3.05) is 6.54 Å². The van der Waals surface area contributed by atoms with E-state index in [0.717, 1.165) is 6.54 Å². The summed E-state index contributed by atoms with van der Waals surface area (Å²) in [5.74, 6) is 0. The van der Waals surface area contributed by atoms with Crippen LogP contribution in [0.5, 0.6) is 0 Å². The molecule has 0 amide bonds. The van der Waals surface area contributed by atoms with Gasteiger partial charge in [-0.15, -0.1) is 11.3 Å². The maximum atomic E-state index is 6.09. The Kier molecular flexibility index (Phi) is 3.95. The predicted octanol–water partition coefficient (Wildman–Crippen LogP) is 2.41. The average molecular weight is 239 g/mol. The van der Waals surface area contributed by atoms with E-state index in [-0.39, 0.29) is 6.04 Å². The number of piperidine rings is 1. The molecule has 1 aliphatic heterocycles. The Morgan fingerprint density at radius 3 is 2.94 bits per heavy atom. The molecule has 0 aliphatic carbocycles. The van der Waals surface area contributed by atoms with E-state index in [1.165, 1.54) is 24.3 Å². The van der Waals surface area contributed by atoms with Gasteiger partial charge in [0.25, 0.3) is 0 Å². The van der Waals surface area contributed by atoms with Gasteiger partial charge in [0.2, 0.25) is 0 Å². The quantitative estimate of drug-likeness (QED) is 0.880. The lowest BCUT2D eigenvalue weighted by atomic mass is 9.95. The van der Waals surface area contributed by atoms with E-state index in [1.54, 1.807) is 11.3 Å². The third-order valence-electron chi connectivity index (χ3n) is 3.51. The Labute approximate surface area is 102 Å². The van der Waals surface area contributed by atoms with Gasteiger partial charge in [-0.05, 0) is 33.2 Å². The molecule has 90 valence electrons. The first-order valence-electron chi connectivity index (χ1n) is 6.11. The van der Waals surface area contributed by atoms with E-state index >= 15 is 0 Å². The summed E-state index contributed by atoms with van der Waals surface area (Å²) in [7, 11) is 0. The second-order valence-electron chi connectivity index (χ2n) is 4.71. The molecule has 1 aliphatic rings. The topological polar surface area (TPSA) is 42.1 Å². The summed E-state index contributed by atoms with van der Waals surface area (Å²) in [4.78, 5) is 6.96. The number of likely N-dealkylation sites (tertiary alicyclic amines) is 1. The number of thiazole rings is 1. The first kappa shape index (κ1) is 12.0. The van der Waals surface area contributed by atoms with Crippen molar-refractivity contribution in [1.29, 1.82) is 0 Å². The molecule has 3 atom stereocenters. The molecule has 1 fully saturated rings. The fraction of sp³-hybridized carbons (Fsp3) is 0.750. The normalized spacial score (nSPS) is 26.6. The van der Waals surface area contributed by atoms with Crippen molar-refractivity contribution in [2.45, 2.75) is 51.2 Å². The number of hydrogen-bond acceptors (Lipinski definition) is 4. The molecule has 0 aromatic carbocycles. The highest BCUT2D eigenvalue weighted by atomic mass is 32.1. The van der Waals surface area contributed by atoms with Gasteiger partial charge < -0.3 is 5.73 Å². The Balaban J connectivity index is 2.11. The smallest absolute Gasteiger partial charge is 0.109 e. The summed E-state index contributed by atoms with van der Waals surface area (Å²) in [6, 6.07) is 1.19. The van der Waals surface area contributed by atoms with E-state index in [4.69, 9.17) is 5.73 Å². The molecular weight excluding hydrogens is 218 g/mol. The Hall–Kier alpha value is -0.450. The molecule has 1 saturated heterocycles. The number of aromatic nitrogens is 1. The molecule has 16 heavy (non-hydrogen) atoms. The zero-order valence-corrected chi connectivity index (χ0v) is 10.9. The van der Waals surface area contributed by atoms with Crippen molar-refractivity contribution >= 4 is 11.3 Å². The summed E-state index contributed by atoms with van der Waals surface area (Å²) >= 11 is 1.74. The average Bonchev–Trinajstić information content (AvgIpc) is 2.81. The molecular formula is C12H21N3S. The lowest BCUT2D eigenvalue weighted by molar-refractivity contribution is 0.0889. The third-order valence-corrected chi connectivity index (χ3v) is 4.45. The first-order chi connectivity index (χ1) is 7.70. The molecule has 2 heterocycles. The zero-order valence-electron chi connectivity index (χ0n) is 10.1. The molecule has 1 aromatic heterocycles. The van der Waals surface area contributed by atoms with Crippen LogP contribution in [0, 0.1) is 0 Å². The van der Waals surface area contributed by atoms with Crippen molar-refractivity contribution in [3.63, 3.8) is 0 Å². The van der Waals surface area contributed by atoms with Crippen LogP contribution in [0.1, 0.15) is 44.2 Å². The summed E-state index contributed by atoms with van der Waals surface area (Å²) in [5, 5.41) is 3.27. The largest absolute Gasteiger partial charge is 0.327 e. The Bertz CT molecular complexity index is 310. The fourth-order valence-electron chi connectivity index (χ4n) is 2.61. The summed E-state index contributed by atoms with van der Waals surface area (Å²) in [6.45, 7) is 5.53. The van der Waals surface area contributed by atoms with E-state index in [9.17, 15) is 0 Å². The van der Waals surface area contributed by atoms with Crippen molar-refractivity contribution in [3.05, 3.63) is 16.6 Å². The standard InChI is InChI=1S/C12H21N3S/c1-9(13)11-5-3-4-7-15(11)10(2)12-14-6-8-16-12/h6,8-11H,3-5,7,13H2,1-2H3. The van der Waals surface area contributed by atoms with Crippen LogP contribution in [-0.4, -0.2) is 28.5 Å². The second-order valence-corrected chi connectivity index (χ2v) is 5.63. The molecule has 2 rings (SSSR count). The van der Waals surface area contributed by atoms with Gasteiger partial charge in [-0.1, -0.05) is 6.42 Å². The van der Waals surface area contributed by atoms with Gasteiger partial charge in [-0.2, -0.15) is 0 Å². The minimum Gasteiger partial charge on any atom is -0.327 e. The highest BCUT2D eigenvalue weighted by Crippen LogP contribution is 2.30. The van der Waals surface area contributed by atoms with E-state index < -0.39 is 0 Å². The summed E-state index contributed by atoms with van der Waals surface area (Å²) < 4.78 is 0. The van der Waals surface area contributed by atoms with Crippen molar-refractivity contribution in [3.8, 4) is 0 Å². The molecule has 2 N–H and O–H groups in total. The summed E-state index contributed by atoms with van der Waals surface area (Å²) in [6.07, 6.45) is 5.72. The Morgan fingerprint density at radius 2 is 2.31 bits per heavy atom.